The number of non-ortho nitro benzene ring substituents is 1. The molecular formula is C23H21N3O4S. The molecule has 0 spiro atoms. The predicted octanol–water partition coefficient (Wildman–Crippen LogP) is 5.97. The molecule has 0 unspecified atom stereocenters. The Hall–Kier alpha value is -3.70. The van der Waals surface area contributed by atoms with Crippen molar-refractivity contribution in [2.45, 2.75) is 26.9 Å². The van der Waals surface area contributed by atoms with Crippen LogP contribution in [0.2, 0.25) is 0 Å². The number of hydrogen-bond acceptors (Lipinski definition) is 7. The molecule has 0 saturated carbocycles. The predicted molar refractivity (Wildman–Crippen MR) is 121 cm³/mol. The Kier molecular flexibility index (Phi) is 7.00. The van der Waals surface area contributed by atoms with Gasteiger partial charge in [0.2, 0.25) is 0 Å². The molecule has 2 aromatic carbocycles. The second kappa shape index (κ2) is 9.87. The number of nitro benzene ring substituents is 1. The van der Waals surface area contributed by atoms with Gasteiger partial charge in [-0.15, -0.1) is 11.3 Å². The topological polar surface area (TPSA) is 98.3 Å². The van der Waals surface area contributed by atoms with Gasteiger partial charge in [0.1, 0.15) is 11.1 Å². The van der Waals surface area contributed by atoms with Crippen LogP contribution in [0.4, 0.5) is 5.69 Å². The van der Waals surface area contributed by atoms with E-state index in [0.29, 0.717) is 34.4 Å². The lowest BCUT2D eigenvalue weighted by Crippen LogP contribution is -2.07. The SMILES string of the molecule is CCOc1cc(C=C(C#N)c2nc(-c3ccc([N+](=O)[O-])cc3)cs2)ccc1OC(C)C. The smallest absolute Gasteiger partial charge is 0.269 e. The Morgan fingerprint density at radius 1 is 1.26 bits per heavy atom. The van der Waals surface area contributed by atoms with Gasteiger partial charge in [-0.3, -0.25) is 10.1 Å². The molecule has 3 rings (SSSR count). The van der Waals surface area contributed by atoms with Crippen LogP contribution in [-0.2, 0) is 0 Å². The molecule has 3 aromatic rings. The van der Waals surface area contributed by atoms with Crippen LogP contribution < -0.4 is 9.47 Å². The molecule has 0 aliphatic heterocycles. The molecule has 7 nitrogen and oxygen atoms in total. The number of rotatable bonds is 8. The molecule has 0 radical (unpaired) electrons. The van der Waals surface area contributed by atoms with E-state index in [2.05, 4.69) is 11.1 Å². The maximum Gasteiger partial charge on any atom is 0.269 e. The van der Waals surface area contributed by atoms with Crippen LogP contribution in [0, 0.1) is 21.4 Å². The van der Waals surface area contributed by atoms with Gasteiger partial charge in [0.15, 0.2) is 11.5 Å². The fourth-order valence-electron chi connectivity index (χ4n) is 2.83. The first-order valence-corrected chi connectivity index (χ1v) is 10.5. The average molecular weight is 436 g/mol. The van der Waals surface area contributed by atoms with Crippen molar-refractivity contribution >= 4 is 28.7 Å². The van der Waals surface area contributed by atoms with E-state index in [-0.39, 0.29) is 11.8 Å². The lowest BCUT2D eigenvalue weighted by atomic mass is 10.1. The number of aromatic nitrogens is 1. The van der Waals surface area contributed by atoms with Gasteiger partial charge in [-0.05, 0) is 56.7 Å². The molecule has 0 N–H and O–H groups in total. The highest BCUT2D eigenvalue weighted by Gasteiger charge is 2.12. The van der Waals surface area contributed by atoms with Crippen LogP contribution >= 0.6 is 11.3 Å². The van der Waals surface area contributed by atoms with Crippen molar-refractivity contribution in [1.82, 2.24) is 4.98 Å². The van der Waals surface area contributed by atoms with Crippen molar-refractivity contribution in [3.8, 4) is 28.8 Å². The summed E-state index contributed by atoms with van der Waals surface area (Å²) in [6, 6.07) is 13.9. The second-order valence-corrected chi connectivity index (χ2v) is 7.68. The molecule has 0 saturated heterocycles. The first-order valence-electron chi connectivity index (χ1n) is 9.67. The molecule has 158 valence electrons. The minimum atomic E-state index is -0.444. The number of nitrogens with zero attached hydrogens (tertiary/aromatic N) is 3. The van der Waals surface area contributed by atoms with Crippen LogP contribution in [0.15, 0.2) is 47.8 Å². The van der Waals surface area contributed by atoms with Gasteiger partial charge in [-0.2, -0.15) is 5.26 Å². The Balaban J connectivity index is 1.89. The highest BCUT2D eigenvalue weighted by Crippen LogP contribution is 2.32. The lowest BCUT2D eigenvalue weighted by molar-refractivity contribution is -0.384. The summed E-state index contributed by atoms with van der Waals surface area (Å²) in [4.78, 5) is 14.9. The van der Waals surface area contributed by atoms with Crippen molar-refractivity contribution in [2.24, 2.45) is 0 Å². The van der Waals surface area contributed by atoms with E-state index in [9.17, 15) is 15.4 Å². The number of hydrogen-bond donors (Lipinski definition) is 0. The zero-order chi connectivity index (χ0) is 22.4. The van der Waals surface area contributed by atoms with Crippen LogP contribution in [0.5, 0.6) is 11.5 Å². The maximum atomic E-state index is 10.8. The highest BCUT2D eigenvalue weighted by atomic mass is 32.1. The average Bonchev–Trinajstić information content (AvgIpc) is 3.23. The fourth-order valence-corrected chi connectivity index (χ4v) is 3.62. The van der Waals surface area contributed by atoms with Crippen molar-refractivity contribution in [3.05, 3.63) is 68.5 Å². The van der Waals surface area contributed by atoms with E-state index in [1.54, 1.807) is 18.2 Å². The summed E-state index contributed by atoms with van der Waals surface area (Å²) >= 11 is 1.34. The van der Waals surface area contributed by atoms with Gasteiger partial charge < -0.3 is 9.47 Å². The summed E-state index contributed by atoms with van der Waals surface area (Å²) in [5.74, 6) is 1.27. The molecule has 0 bridgehead atoms. The number of benzene rings is 2. The monoisotopic (exact) mass is 435 g/mol. The van der Waals surface area contributed by atoms with Gasteiger partial charge in [0.05, 0.1) is 28.9 Å². The molecule has 0 atom stereocenters. The fraction of sp³-hybridized carbons (Fsp3) is 0.217. The van der Waals surface area contributed by atoms with Crippen LogP contribution in [0.3, 0.4) is 0 Å². The molecule has 0 aliphatic carbocycles. The maximum absolute atomic E-state index is 10.8. The third-order valence-electron chi connectivity index (χ3n) is 4.17. The van der Waals surface area contributed by atoms with Gasteiger partial charge >= 0.3 is 0 Å². The second-order valence-electron chi connectivity index (χ2n) is 6.82. The van der Waals surface area contributed by atoms with Crippen LogP contribution in [0.1, 0.15) is 31.3 Å². The van der Waals surface area contributed by atoms with Crippen LogP contribution in [0.25, 0.3) is 22.9 Å². The largest absolute Gasteiger partial charge is 0.490 e. The number of nitriles is 1. The van der Waals surface area contributed by atoms with E-state index in [4.69, 9.17) is 9.47 Å². The molecule has 0 fully saturated rings. The zero-order valence-corrected chi connectivity index (χ0v) is 18.2. The molecular weight excluding hydrogens is 414 g/mol. The van der Waals surface area contributed by atoms with E-state index < -0.39 is 4.92 Å². The van der Waals surface area contributed by atoms with Gasteiger partial charge in [-0.1, -0.05) is 6.07 Å². The van der Waals surface area contributed by atoms with Crippen molar-refractivity contribution in [2.75, 3.05) is 6.61 Å². The number of ether oxygens (including phenoxy) is 2. The minimum absolute atomic E-state index is 0.0171. The Morgan fingerprint density at radius 3 is 2.61 bits per heavy atom. The lowest BCUT2D eigenvalue weighted by Gasteiger charge is -2.15. The van der Waals surface area contributed by atoms with Gasteiger partial charge in [0.25, 0.3) is 5.69 Å². The number of allylic oxidation sites excluding steroid dienone is 1. The molecule has 1 heterocycles. The standard InChI is InChI=1S/C23H21N3O4S/c1-4-29-22-12-16(5-10-21(22)30-15(2)3)11-18(13-24)23-25-20(14-31-23)17-6-8-19(9-7-17)26(27)28/h5-12,14-15H,4H2,1-3H3. The molecule has 0 amide bonds. The molecule has 31 heavy (non-hydrogen) atoms. The Morgan fingerprint density at radius 2 is 2.00 bits per heavy atom. The summed E-state index contributed by atoms with van der Waals surface area (Å²) in [6.45, 7) is 6.29. The Bertz CT molecular complexity index is 1140. The van der Waals surface area contributed by atoms with E-state index in [0.717, 1.165) is 11.1 Å². The zero-order valence-electron chi connectivity index (χ0n) is 17.4. The van der Waals surface area contributed by atoms with Gasteiger partial charge in [-0.25, -0.2) is 4.98 Å². The van der Waals surface area contributed by atoms with Crippen LogP contribution in [-0.4, -0.2) is 22.6 Å². The first kappa shape index (κ1) is 22.0. The summed E-state index contributed by atoms with van der Waals surface area (Å²) in [6.07, 6.45) is 1.77. The van der Waals surface area contributed by atoms with Crippen molar-refractivity contribution in [3.63, 3.8) is 0 Å². The third kappa shape index (κ3) is 5.47. The first-order chi connectivity index (χ1) is 14.9. The summed E-state index contributed by atoms with van der Waals surface area (Å²) in [5.41, 5.74) is 2.64. The summed E-state index contributed by atoms with van der Waals surface area (Å²) in [7, 11) is 0. The Labute approximate surface area is 184 Å². The van der Waals surface area contributed by atoms with Gasteiger partial charge in [0, 0.05) is 23.1 Å². The highest BCUT2D eigenvalue weighted by molar-refractivity contribution is 7.11. The van der Waals surface area contributed by atoms with Crippen molar-refractivity contribution < 1.29 is 14.4 Å². The number of thiazole rings is 1. The molecule has 8 heteroatoms. The van der Waals surface area contributed by atoms with E-state index >= 15 is 0 Å². The van der Waals surface area contributed by atoms with Crippen molar-refractivity contribution in [1.29, 1.82) is 5.26 Å². The summed E-state index contributed by atoms with van der Waals surface area (Å²) in [5, 5.41) is 22.9. The van der Waals surface area contributed by atoms with E-state index in [1.165, 1.54) is 23.5 Å². The third-order valence-corrected chi connectivity index (χ3v) is 5.05. The number of nitro groups is 1. The summed E-state index contributed by atoms with van der Waals surface area (Å²) < 4.78 is 11.5. The molecule has 1 aromatic heterocycles. The molecule has 0 aliphatic rings. The minimum Gasteiger partial charge on any atom is -0.490 e. The quantitative estimate of drug-likeness (QED) is 0.246. The normalized spacial score (nSPS) is 11.3. The van der Waals surface area contributed by atoms with E-state index in [1.807, 2.05) is 44.4 Å².